The number of thiophene rings is 1. The van der Waals surface area contributed by atoms with Gasteiger partial charge in [0.05, 0.1) is 11.1 Å². The number of nitrogens with zero attached hydrogens (tertiary/aromatic N) is 1. The topological polar surface area (TPSA) is 55.7 Å². The van der Waals surface area contributed by atoms with E-state index in [-0.39, 0.29) is 10.6 Å². The number of halogens is 3. The van der Waals surface area contributed by atoms with E-state index in [1.807, 2.05) is 6.92 Å². The van der Waals surface area contributed by atoms with Gasteiger partial charge in [0.1, 0.15) is 5.75 Å². The highest BCUT2D eigenvalue weighted by atomic mass is 32.2. The second-order valence-electron chi connectivity index (χ2n) is 5.80. The van der Waals surface area contributed by atoms with E-state index in [1.165, 1.54) is 47.9 Å². The van der Waals surface area contributed by atoms with Gasteiger partial charge in [-0.1, -0.05) is 29.8 Å². The Morgan fingerprint density at radius 1 is 1.04 bits per heavy atom. The molecule has 0 saturated heterocycles. The van der Waals surface area contributed by atoms with Crippen LogP contribution in [0, 0.1) is 6.92 Å². The van der Waals surface area contributed by atoms with Crippen LogP contribution in [-0.2, 0) is 10.0 Å². The Morgan fingerprint density at radius 3 is 2.43 bits per heavy atom. The molecule has 0 radical (unpaired) electrons. The number of ether oxygens (including phenoxy) is 1. The van der Waals surface area contributed by atoms with E-state index in [1.54, 1.807) is 30.3 Å². The summed E-state index contributed by atoms with van der Waals surface area (Å²) >= 11 is 1.20. The lowest BCUT2D eigenvalue weighted by Crippen LogP contribution is -2.17. The van der Waals surface area contributed by atoms with E-state index >= 15 is 0 Å². The van der Waals surface area contributed by atoms with Crippen LogP contribution in [0.25, 0.3) is 10.4 Å². The first-order chi connectivity index (χ1) is 13.1. The molecule has 0 bridgehead atoms. The molecule has 0 saturated carbocycles. The SMILES string of the molecule is Cc1ccc(S(=O)(=O)/N=C/c2ccc(-c3cccc(OC(F)(F)F)c3)s2)cc1. The summed E-state index contributed by atoms with van der Waals surface area (Å²) in [6.45, 7) is 1.85. The van der Waals surface area contributed by atoms with Crippen LogP contribution in [0.15, 0.2) is 70.0 Å². The number of benzene rings is 2. The first kappa shape index (κ1) is 20.1. The number of alkyl halides is 3. The number of sulfonamides is 1. The lowest BCUT2D eigenvalue weighted by atomic mass is 10.2. The lowest BCUT2D eigenvalue weighted by Gasteiger charge is -2.09. The maximum atomic E-state index is 12.4. The summed E-state index contributed by atoms with van der Waals surface area (Å²) in [5, 5.41) is 0. The Labute approximate surface area is 164 Å². The normalized spacial score (nSPS) is 12.4. The minimum absolute atomic E-state index is 0.0862. The number of hydrogen-bond donors (Lipinski definition) is 0. The molecule has 1 aromatic heterocycles. The summed E-state index contributed by atoms with van der Waals surface area (Å²) in [7, 11) is -3.83. The summed E-state index contributed by atoms with van der Waals surface area (Å²) in [5.74, 6) is -0.324. The number of aryl methyl sites for hydroxylation is 1. The molecule has 9 heteroatoms. The van der Waals surface area contributed by atoms with Gasteiger partial charge in [-0.05, 0) is 48.9 Å². The molecule has 4 nitrogen and oxygen atoms in total. The standard InChI is InChI=1S/C19H14F3NO3S2/c1-13-5-8-17(9-6-13)28(24,25)23-12-16-7-10-18(27-16)14-3-2-4-15(11-14)26-19(20,21)22/h2-12H,1H3/b23-12+. The zero-order valence-corrected chi connectivity index (χ0v) is 16.1. The zero-order chi connectivity index (χ0) is 20.4. The van der Waals surface area contributed by atoms with Gasteiger partial charge >= 0.3 is 6.36 Å². The first-order valence-corrected chi connectivity index (χ1v) is 10.2. The zero-order valence-electron chi connectivity index (χ0n) is 14.5. The molecule has 0 unspecified atom stereocenters. The molecule has 28 heavy (non-hydrogen) atoms. The van der Waals surface area contributed by atoms with Gasteiger partial charge in [-0.25, -0.2) is 0 Å². The summed E-state index contributed by atoms with van der Waals surface area (Å²) in [6.07, 6.45) is -3.55. The molecule has 0 aliphatic carbocycles. The molecule has 2 aromatic carbocycles. The summed E-state index contributed by atoms with van der Waals surface area (Å²) < 4.78 is 69.2. The van der Waals surface area contributed by atoms with Crippen molar-refractivity contribution in [3.05, 3.63) is 71.1 Å². The van der Waals surface area contributed by atoms with Crippen molar-refractivity contribution in [2.45, 2.75) is 18.2 Å². The molecule has 0 aliphatic heterocycles. The summed E-state index contributed by atoms with van der Waals surface area (Å²) in [4.78, 5) is 1.29. The molecule has 3 rings (SSSR count). The van der Waals surface area contributed by atoms with Gasteiger partial charge in [0.25, 0.3) is 10.0 Å². The lowest BCUT2D eigenvalue weighted by molar-refractivity contribution is -0.274. The predicted molar refractivity (Wildman–Crippen MR) is 102 cm³/mol. The van der Waals surface area contributed by atoms with Crippen LogP contribution in [0.1, 0.15) is 10.4 Å². The minimum atomic E-state index is -4.77. The van der Waals surface area contributed by atoms with Crippen molar-refractivity contribution in [1.29, 1.82) is 0 Å². The van der Waals surface area contributed by atoms with E-state index in [0.29, 0.717) is 15.3 Å². The third kappa shape index (κ3) is 5.20. The fraction of sp³-hybridized carbons (Fsp3) is 0.105. The maximum Gasteiger partial charge on any atom is 0.573 e. The molecule has 0 amide bonds. The highest BCUT2D eigenvalue weighted by molar-refractivity contribution is 7.90. The third-order valence-electron chi connectivity index (χ3n) is 3.62. The first-order valence-electron chi connectivity index (χ1n) is 7.95. The number of hydrogen-bond acceptors (Lipinski definition) is 4. The van der Waals surface area contributed by atoms with Gasteiger partial charge in [0.15, 0.2) is 0 Å². The average molecular weight is 425 g/mol. The molecule has 0 aliphatic rings. The van der Waals surface area contributed by atoms with Crippen LogP contribution < -0.4 is 4.74 Å². The highest BCUT2D eigenvalue weighted by Crippen LogP contribution is 2.32. The smallest absolute Gasteiger partial charge is 0.406 e. The van der Waals surface area contributed by atoms with Crippen LogP contribution in [0.2, 0.25) is 0 Å². The summed E-state index contributed by atoms with van der Waals surface area (Å²) in [6, 6.07) is 15.2. The Balaban J connectivity index is 1.80. The largest absolute Gasteiger partial charge is 0.573 e. The molecule has 0 atom stereocenters. The van der Waals surface area contributed by atoms with Crippen LogP contribution >= 0.6 is 11.3 Å². The molecule has 0 fully saturated rings. The third-order valence-corrected chi connectivity index (χ3v) is 5.94. The molecular formula is C19H14F3NO3S2. The van der Waals surface area contributed by atoms with Gasteiger partial charge in [-0.3, -0.25) is 0 Å². The van der Waals surface area contributed by atoms with Gasteiger partial charge in [-0.15, -0.1) is 24.5 Å². The van der Waals surface area contributed by atoms with Crippen molar-refractivity contribution in [1.82, 2.24) is 0 Å². The van der Waals surface area contributed by atoms with Crippen molar-refractivity contribution in [3.8, 4) is 16.2 Å². The van der Waals surface area contributed by atoms with Crippen molar-refractivity contribution < 1.29 is 26.3 Å². The Bertz CT molecular complexity index is 1100. The highest BCUT2D eigenvalue weighted by Gasteiger charge is 2.31. The molecular weight excluding hydrogens is 411 g/mol. The van der Waals surface area contributed by atoms with Crippen molar-refractivity contribution >= 4 is 27.6 Å². The van der Waals surface area contributed by atoms with Crippen LogP contribution in [0.4, 0.5) is 13.2 Å². The van der Waals surface area contributed by atoms with Crippen LogP contribution in [0.3, 0.4) is 0 Å². The Hall–Kier alpha value is -2.65. The molecule has 0 spiro atoms. The second kappa shape index (κ2) is 7.76. The number of rotatable bonds is 5. The van der Waals surface area contributed by atoms with E-state index < -0.39 is 16.4 Å². The van der Waals surface area contributed by atoms with Crippen LogP contribution in [-0.4, -0.2) is 21.0 Å². The maximum absolute atomic E-state index is 12.4. The minimum Gasteiger partial charge on any atom is -0.406 e. The van der Waals surface area contributed by atoms with Gasteiger partial charge in [-0.2, -0.15) is 12.8 Å². The van der Waals surface area contributed by atoms with E-state index in [4.69, 9.17) is 0 Å². The van der Waals surface area contributed by atoms with Crippen molar-refractivity contribution in [2.75, 3.05) is 0 Å². The fourth-order valence-electron chi connectivity index (χ4n) is 2.32. The monoisotopic (exact) mass is 425 g/mol. The van der Waals surface area contributed by atoms with E-state index in [2.05, 4.69) is 9.13 Å². The molecule has 3 aromatic rings. The molecule has 0 N–H and O–H groups in total. The average Bonchev–Trinajstić information content (AvgIpc) is 3.08. The Morgan fingerprint density at radius 2 is 1.75 bits per heavy atom. The Kier molecular flexibility index (Phi) is 5.57. The van der Waals surface area contributed by atoms with Gasteiger partial charge in [0, 0.05) is 9.75 Å². The van der Waals surface area contributed by atoms with Crippen LogP contribution in [0.5, 0.6) is 5.75 Å². The fourth-order valence-corrected chi connectivity index (χ4v) is 4.11. The molecule has 146 valence electrons. The summed E-state index contributed by atoms with van der Waals surface area (Å²) in [5.41, 5.74) is 1.45. The second-order valence-corrected chi connectivity index (χ2v) is 8.55. The van der Waals surface area contributed by atoms with E-state index in [9.17, 15) is 21.6 Å². The quantitative estimate of drug-likeness (QED) is 0.512. The predicted octanol–water partition coefficient (Wildman–Crippen LogP) is 5.43. The van der Waals surface area contributed by atoms with Gasteiger partial charge < -0.3 is 4.74 Å². The van der Waals surface area contributed by atoms with Gasteiger partial charge in [0.2, 0.25) is 0 Å². The van der Waals surface area contributed by atoms with Crippen molar-refractivity contribution in [3.63, 3.8) is 0 Å². The van der Waals surface area contributed by atoms with Crippen molar-refractivity contribution in [2.24, 2.45) is 4.40 Å². The van der Waals surface area contributed by atoms with E-state index in [0.717, 1.165) is 5.56 Å². The molecule has 1 heterocycles.